The van der Waals surface area contributed by atoms with Gasteiger partial charge in [-0.15, -0.1) is 0 Å². The van der Waals surface area contributed by atoms with E-state index in [1.807, 2.05) is 27.0 Å². The third-order valence-corrected chi connectivity index (χ3v) is 6.15. The molecule has 0 fully saturated rings. The number of carbonyl (C=O) groups is 1. The number of pyridine rings is 1. The van der Waals surface area contributed by atoms with Crippen LogP contribution in [-0.4, -0.2) is 30.2 Å². The summed E-state index contributed by atoms with van der Waals surface area (Å²) in [6.07, 6.45) is 4.91. The van der Waals surface area contributed by atoms with E-state index in [4.69, 9.17) is 0 Å². The van der Waals surface area contributed by atoms with Crippen LogP contribution in [0.25, 0.3) is 21.8 Å². The normalized spacial score (nSPS) is 13.5. The summed E-state index contributed by atoms with van der Waals surface area (Å²) in [5.74, 6) is -1.06. The van der Waals surface area contributed by atoms with Gasteiger partial charge in [0.1, 0.15) is 0 Å². The molecule has 3 heterocycles. The van der Waals surface area contributed by atoms with Gasteiger partial charge in [0.15, 0.2) is 0 Å². The fourth-order valence-electron chi connectivity index (χ4n) is 4.67. The molecule has 3 aromatic heterocycles. The van der Waals surface area contributed by atoms with E-state index in [0.29, 0.717) is 11.9 Å². The van der Waals surface area contributed by atoms with Crippen molar-refractivity contribution in [2.24, 2.45) is 0 Å². The van der Waals surface area contributed by atoms with Crippen molar-refractivity contribution in [3.63, 3.8) is 0 Å². The minimum atomic E-state index is -1.06. The molecule has 2 N–H and O–H groups in total. The summed E-state index contributed by atoms with van der Waals surface area (Å²) in [4.78, 5) is 45.7. The second-order valence-corrected chi connectivity index (χ2v) is 8.30. The first-order valence-electron chi connectivity index (χ1n) is 10.6. The van der Waals surface area contributed by atoms with E-state index in [0.717, 1.165) is 32.2 Å². The number of hydrogen-bond donors (Lipinski definition) is 2. The molecule has 1 aromatic carbocycles. The smallest absolute Gasteiger partial charge is 0.332 e. The van der Waals surface area contributed by atoms with Crippen LogP contribution in [0, 0.1) is 13.8 Å². The molecule has 0 bridgehead atoms. The Hall–Kier alpha value is -3.68. The predicted octanol–water partition coefficient (Wildman–Crippen LogP) is 3.69. The van der Waals surface area contributed by atoms with E-state index in [2.05, 4.69) is 22.1 Å². The topological polar surface area (TPSA) is 110 Å². The van der Waals surface area contributed by atoms with Crippen molar-refractivity contribution in [2.75, 3.05) is 0 Å². The molecule has 0 saturated heterocycles. The van der Waals surface area contributed by atoms with Gasteiger partial charge in [-0.25, -0.2) is 4.79 Å². The van der Waals surface area contributed by atoms with Gasteiger partial charge in [0.05, 0.1) is 29.4 Å². The zero-order valence-electron chi connectivity index (χ0n) is 18.5. The van der Waals surface area contributed by atoms with Gasteiger partial charge in [0.2, 0.25) is 0 Å². The van der Waals surface area contributed by atoms with Gasteiger partial charge in [-0.2, -0.15) is 0 Å². The van der Waals surface area contributed by atoms with Gasteiger partial charge < -0.3 is 10.1 Å². The molecular weight excluding hydrogens is 408 g/mol. The van der Waals surface area contributed by atoms with Crippen LogP contribution in [0.4, 0.5) is 0 Å². The summed E-state index contributed by atoms with van der Waals surface area (Å²) < 4.78 is 2.66. The Bertz CT molecular complexity index is 1460. The number of carboxylic acids is 1. The number of rotatable bonds is 6. The number of aromatic nitrogens is 4. The molecule has 8 nitrogen and oxygen atoms in total. The number of carboxylic acid groups (broad SMARTS) is 1. The molecule has 4 rings (SSSR count). The van der Waals surface area contributed by atoms with Crippen LogP contribution in [0.2, 0.25) is 0 Å². The van der Waals surface area contributed by atoms with Crippen molar-refractivity contribution < 1.29 is 9.90 Å². The van der Waals surface area contributed by atoms with Crippen LogP contribution < -0.4 is 11.2 Å². The Balaban J connectivity index is 2.04. The van der Waals surface area contributed by atoms with Crippen molar-refractivity contribution >= 4 is 27.8 Å². The molecule has 2 atom stereocenters. The number of aromatic amines is 1. The Morgan fingerprint density at radius 1 is 1.22 bits per heavy atom. The lowest BCUT2D eigenvalue weighted by molar-refractivity contribution is -0.138. The van der Waals surface area contributed by atoms with E-state index in [9.17, 15) is 19.5 Å². The number of nitrogens with one attached hydrogen (secondary N) is 1. The number of hydrogen-bond acceptors (Lipinski definition) is 4. The number of aliphatic carboxylic acids is 1. The lowest BCUT2D eigenvalue weighted by atomic mass is 10.0. The van der Waals surface area contributed by atoms with Gasteiger partial charge in [0.25, 0.3) is 5.56 Å². The monoisotopic (exact) mass is 434 g/mol. The quantitative estimate of drug-likeness (QED) is 0.481. The highest BCUT2D eigenvalue weighted by Gasteiger charge is 2.25. The summed E-state index contributed by atoms with van der Waals surface area (Å²) >= 11 is 0. The van der Waals surface area contributed by atoms with Gasteiger partial charge in [-0.3, -0.25) is 23.7 Å². The summed E-state index contributed by atoms with van der Waals surface area (Å²) in [5, 5.41) is 10.7. The van der Waals surface area contributed by atoms with Crippen molar-refractivity contribution in [3.05, 3.63) is 74.3 Å². The predicted molar refractivity (Wildman–Crippen MR) is 123 cm³/mol. The molecule has 0 amide bonds. The minimum Gasteiger partial charge on any atom is -0.481 e. The molecule has 8 heteroatoms. The first-order chi connectivity index (χ1) is 15.2. The molecule has 166 valence electrons. The first kappa shape index (κ1) is 21.5. The van der Waals surface area contributed by atoms with E-state index >= 15 is 0 Å². The third-order valence-electron chi connectivity index (χ3n) is 6.15. The molecular formula is C24H26N4O4. The van der Waals surface area contributed by atoms with Gasteiger partial charge in [-0.05, 0) is 50.5 Å². The average Bonchev–Trinajstić information content (AvgIpc) is 3.17. The Kier molecular flexibility index (Phi) is 5.46. The SMILES string of the molecule is CCC(CC(=O)O)n1c(=O)c2cnccc2n(C(C)c2c[nH]c3cc(C)cc(C)c23)c1=O. The second-order valence-electron chi connectivity index (χ2n) is 8.30. The van der Waals surface area contributed by atoms with Crippen molar-refractivity contribution in [2.45, 2.75) is 52.6 Å². The molecule has 0 aliphatic heterocycles. The maximum absolute atomic E-state index is 13.7. The van der Waals surface area contributed by atoms with Crippen LogP contribution in [0.1, 0.15) is 55.5 Å². The fourth-order valence-corrected chi connectivity index (χ4v) is 4.67. The first-order valence-corrected chi connectivity index (χ1v) is 10.6. The molecule has 2 unspecified atom stereocenters. The highest BCUT2D eigenvalue weighted by molar-refractivity contribution is 5.88. The summed E-state index contributed by atoms with van der Waals surface area (Å²) in [6, 6.07) is 4.66. The summed E-state index contributed by atoms with van der Waals surface area (Å²) in [5.41, 5.74) is 3.57. The maximum Gasteiger partial charge on any atom is 0.332 e. The average molecular weight is 434 g/mol. The fraction of sp³-hybridized carbons (Fsp3) is 0.333. The van der Waals surface area contributed by atoms with Crippen LogP contribution in [0.5, 0.6) is 0 Å². The standard InChI is InChI=1S/C24H26N4O4/c1-5-16(10-21(29)30)28-23(31)18-11-25-7-6-20(18)27(24(28)32)15(4)17-12-26-19-9-13(2)8-14(3)22(17)19/h6-9,11-12,15-16,26H,5,10H2,1-4H3,(H,29,30). The molecule has 0 saturated carbocycles. The second kappa shape index (κ2) is 8.11. The number of nitrogens with zero attached hydrogens (tertiary/aromatic N) is 3. The maximum atomic E-state index is 13.7. The summed E-state index contributed by atoms with van der Waals surface area (Å²) in [6.45, 7) is 7.75. The number of H-pyrrole nitrogens is 1. The number of fused-ring (bicyclic) bond motifs is 2. The molecule has 0 aliphatic carbocycles. The van der Waals surface area contributed by atoms with E-state index in [-0.39, 0.29) is 11.8 Å². The molecule has 0 radical (unpaired) electrons. The highest BCUT2D eigenvalue weighted by atomic mass is 16.4. The molecule has 0 spiro atoms. The molecule has 4 aromatic rings. The van der Waals surface area contributed by atoms with Gasteiger partial charge >= 0.3 is 11.7 Å². The van der Waals surface area contributed by atoms with E-state index in [1.165, 1.54) is 6.20 Å². The van der Waals surface area contributed by atoms with Crippen LogP contribution in [0.3, 0.4) is 0 Å². The van der Waals surface area contributed by atoms with Gasteiger partial charge in [-0.1, -0.05) is 13.0 Å². The molecule has 0 aliphatic rings. The third kappa shape index (κ3) is 3.41. The van der Waals surface area contributed by atoms with Crippen molar-refractivity contribution in [3.8, 4) is 0 Å². The zero-order valence-corrected chi connectivity index (χ0v) is 18.5. The van der Waals surface area contributed by atoms with Crippen LogP contribution in [0.15, 0.2) is 46.4 Å². The van der Waals surface area contributed by atoms with E-state index < -0.39 is 29.3 Å². The minimum absolute atomic E-state index is 0.287. The summed E-state index contributed by atoms with van der Waals surface area (Å²) in [7, 11) is 0. The number of benzene rings is 1. The lowest BCUT2D eigenvalue weighted by Crippen LogP contribution is -2.43. The Morgan fingerprint density at radius 3 is 2.66 bits per heavy atom. The van der Waals surface area contributed by atoms with E-state index in [1.54, 1.807) is 23.8 Å². The van der Waals surface area contributed by atoms with Crippen molar-refractivity contribution in [1.82, 2.24) is 19.1 Å². The Labute approximate surface area is 184 Å². The van der Waals surface area contributed by atoms with Crippen molar-refractivity contribution in [1.29, 1.82) is 0 Å². The van der Waals surface area contributed by atoms with Gasteiger partial charge in [0, 0.05) is 35.1 Å². The largest absolute Gasteiger partial charge is 0.481 e. The number of aryl methyl sites for hydroxylation is 2. The highest BCUT2D eigenvalue weighted by Crippen LogP contribution is 2.31. The van der Waals surface area contributed by atoms with Crippen LogP contribution in [-0.2, 0) is 4.79 Å². The molecule has 32 heavy (non-hydrogen) atoms. The zero-order chi connectivity index (χ0) is 23.2. The lowest BCUT2D eigenvalue weighted by Gasteiger charge is -2.23. The Morgan fingerprint density at radius 2 is 1.97 bits per heavy atom. The van der Waals surface area contributed by atoms with Crippen LogP contribution >= 0.6 is 0 Å².